The molecule has 0 radical (unpaired) electrons. The van der Waals surface area contributed by atoms with E-state index in [9.17, 15) is 0 Å². The smallest absolute Gasteiger partial charge is 0.166 e. The van der Waals surface area contributed by atoms with Crippen LogP contribution in [0.5, 0.6) is 5.75 Å². The Morgan fingerprint density at radius 1 is 1.17 bits per heavy atom. The van der Waals surface area contributed by atoms with Crippen molar-refractivity contribution in [2.24, 2.45) is 0 Å². The van der Waals surface area contributed by atoms with Gasteiger partial charge >= 0.3 is 0 Å². The van der Waals surface area contributed by atoms with Crippen LogP contribution in [0.15, 0.2) is 36.7 Å². The second kappa shape index (κ2) is 4.64. The van der Waals surface area contributed by atoms with Gasteiger partial charge in [0.25, 0.3) is 0 Å². The SMILES string of the molecule is Nc1ncccc1OC1CCCc2ncccc21. The number of ether oxygens (including phenoxy) is 1. The summed E-state index contributed by atoms with van der Waals surface area (Å²) in [5, 5.41) is 0. The minimum absolute atomic E-state index is 0.0361. The molecular formula is C14H15N3O. The number of hydrogen-bond acceptors (Lipinski definition) is 4. The number of anilines is 1. The highest BCUT2D eigenvalue weighted by Crippen LogP contribution is 2.33. The van der Waals surface area contributed by atoms with Crippen LogP contribution in [0.25, 0.3) is 0 Å². The van der Waals surface area contributed by atoms with Crippen LogP contribution >= 0.6 is 0 Å². The summed E-state index contributed by atoms with van der Waals surface area (Å²) in [7, 11) is 0. The van der Waals surface area contributed by atoms with Gasteiger partial charge in [0, 0.05) is 23.7 Å². The summed E-state index contributed by atoms with van der Waals surface area (Å²) >= 11 is 0. The standard InChI is InChI=1S/C14H15N3O/c15-14-13(7-3-9-17-14)18-12-6-1-5-11-10(12)4-2-8-16-11/h2-4,7-9,12H,1,5-6H2,(H2,15,17). The summed E-state index contributed by atoms with van der Waals surface area (Å²) in [5.41, 5.74) is 8.11. The summed E-state index contributed by atoms with van der Waals surface area (Å²) in [5.74, 6) is 1.09. The monoisotopic (exact) mass is 241 g/mol. The third-order valence-corrected chi connectivity index (χ3v) is 3.22. The zero-order chi connectivity index (χ0) is 12.4. The van der Waals surface area contributed by atoms with E-state index in [1.165, 1.54) is 5.56 Å². The Balaban J connectivity index is 1.89. The van der Waals surface area contributed by atoms with Gasteiger partial charge in [0.1, 0.15) is 6.10 Å². The van der Waals surface area contributed by atoms with Crippen molar-refractivity contribution >= 4 is 5.82 Å². The molecule has 4 nitrogen and oxygen atoms in total. The number of hydrogen-bond donors (Lipinski definition) is 1. The molecule has 0 spiro atoms. The van der Waals surface area contributed by atoms with Crippen LogP contribution in [-0.4, -0.2) is 9.97 Å². The number of rotatable bonds is 2. The van der Waals surface area contributed by atoms with Crippen molar-refractivity contribution in [1.29, 1.82) is 0 Å². The van der Waals surface area contributed by atoms with Gasteiger partial charge in [-0.05, 0) is 37.5 Å². The van der Waals surface area contributed by atoms with Gasteiger partial charge in [-0.2, -0.15) is 0 Å². The van der Waals surface area contributed by atoms with Gasteiger partial charge in [0.05, 0.1) is 0 Å². The Morgan fingerprint density at radius 3 is 2.89 bits per heavy atom. The van der Waals surface area contributed by atoms with E-state index >= 15 is 0 Å². The van der Waals surface area contributed by atoms with Crippen molar-refractivity contribution in [3.05, 3.63) is 47.9 Å². The highest BCUT2D eigenvalue weighted by molar-refractivity contribution is 5.45. The van der Waals surface area contributed by atoms with Gasteiger partial charge in [0.2, 0.25) is 0 Å². The molecule has 0 aliphatic heterocycles. The fourth-order valence-electron chi connectivity index (χ4n) is 2.34. The lowest BCUT2D eigenvalue weighted by Gasteiger charge is -2.25. The number of fused-ring (bicyclic) bond motifs is 1. The molecule has 3 rings (SSSR count). The van der Waals surface area contributed by atoms with Crippen LogP contribution in [0.4, 0.5) is 5.82 Å². The van der Waals surface area contributed by atoms with Crippen LogP contribution in [0.1, 0.15) is 30.2 Å². The molecular weight excluding hydrogens is 226 g/mol. The lowest BCUT2D eigenvalue weighted by Crippen LogP contribution is -2.17. The van der Waals surface area contributed by atoms with Crippen LogP contribution in [0.2, 0.25) is 0 Å². The number of pyridine rings is 2. The molecule has 0 bridgehead atoms. The van der Waals surface area contributed by atoms with Gasteiger partial charge in [-0.15, -0.1) is 0 Å². The molecule has 0 amide bonds. The zero-order valence-electron chi connectivity index (χ0n) is 10.0. The van der Waals surface area contributed by atoms with Crippen molar-refractivity contribution in [3.63, 3.8) is 0 Å². The van der Waals surface area contributed by atoms with Crippen LogP contribution < -0.4 is 10.5 Å². The summed E-state index contributed by atoms with van der Waals surface area (Å²) in [6, 6.07) is 7.72. The van der Waals surface area contributed by atoms with Crippen LogP contribution in [0.3, 0.4) is 0 Å². The maximum absolute atomic E-state index is 5.99. The minimum Gasteiger partial charge on any atom is -0.482 e. The normalized spacial score (nSPS) is 18.1. The van der Waals surface area contributed by atoms with Gasteiger partial charge < -0.3 is 10.5 Å². The second-order valence-corrected chi connectivity index (χ2v) is 4.42. The zero-order valence-corrected chi connectivity index (χ0v) is 10.0. The number of aromatic nitrogens is 2. The Hall–Kier alpha value is -2.10. The average molecular weight is 241 g/mol. The fourth-order valence-corrected chi connectivity index (χ4v) is 2.34. The Labute approximate surface area is 106 Å². The van der Waals surface area contributed by atoms with Crippen LogP contribution in [-0.2, 0) is 6.42 Å². The second-order valence-electron chi connectivity index (χ2n) is 4.42. The maximum Gasteiger partial charge on any atom is 0.166 e. The first-order valence-electron chi connectivity index (χ1n) is 6.15. The van der Waals surface area contributed by atoms with E-state index in [4.69, 9.17) is 10.5 Å². The minimum atomic E-state index is 0.0361. The summed E-state index contributed by atoms with van der Waals surface area (Å²) in [6.45, 7) is 0. The summed E-state index contributed by atoms with van der Waals surface area (Å²) in [6.07, 6.45) is 6.65. The molecule has 2 N–H and O–H groups in total. The van der Waals surface area contributed by atoms with E-state index in [2.05, 4.69) is 16.0 Å². The molecule has 1 aliphatic rings. The molecule has 1 aliphatic carbocycles. The van der Waals surface area contributed by atoms with Crippen molar-refractivity contribution in [2.75, 3.05) is 5.73 Å². The molecule has 0 fully saturated rings. The molecule has 0 saturated heterocycles. The van der Waals surface area contributed by atoms with Crippen LogP contribution in [0, 0.1) is 0 Å². The summed E-state index contributed by atoms with van der Waals surface area (Å²) in [4.78, 5) is 8.44. The van der Waals surface area contributed by atoms with Crippen molar-refractivity contribution in [1.82, 2.24) is 9.97 Å². The third-order valence-electron chi connectivity index (χ3n) is 3.22. The molecule has 0 aromatic carbocycles. The number of nitrogens with zero attached hydrogens (tertiary/aromatic N) is 2. The molecule has 92 valence electrons. The highest BCUT2D eigenvalue weighted by atomic mass is 16.5. The number of aryl methyl sites for hydroxylation is 1. The predicted octanol–water partition coefficient (Wildman–Crippen LogP) is 2.52. The largest absolute Gasteiger partial charge is 0.482 e. The lowest BCUT2D eigenvalue weighted by molar-refractivity contribution is 0.183. The first-order chi connectivity index (χ1) is 8.84. The van der Waals surface area contributed by atoms with E-state index in [0.29, 0.717) is 11.6 Å². The van der Waals surface area contributed by atoms with Gasteiger partial charge in [-0.25, -0.2) is 4.98 Å². The molecule has 18 heavy (non-hydrogen) atoms. The van der Waals surface area contributed by atoms with Gasteiger partial charge in [-0.1, -0.05) is 6.07 Å². The van der Waals surface area contributed by atoms with Crippen molar-refractivity contribution in [3.8, 4) is 5.75 Å². The fraction of sp³-hybridized carbons (Fsp3) is 0.286. The van der Waals surface area contributed by atoms with E-state index in [0.717, 1.165) is 25.0 Å². The first-order valence-corrected chi connectivity index (χ1v) is 6.15. The van der Waals surface area contributed by atoms with E-state index < -0.39 is 0 Å². The lowest BCUT2D eigenvalue weighted by atomic mass is 9.93. The predicted molar refractivity (Wildman–Crippen MR) is 69.2 cm³/mol. The molecule has 1 atom stereocenters. The molecule has 2 aromatic heterocycles. The molecule has 4 heteroatoms. The number of nitrogens with two attached hydrogens (primary N) is 1. The third kappa shape index (κ3) is 2.01. The van der Waals surface area contributed by atoms with Crippen molar-refractivity contribution < 1.29 is 4.74 Å². The molecule has 1 unspecified atom stereocenters. The quantitative estimate of drug-likeness (QED) is 0.877. The van der Waals surface area contributed by atoms with Gasteiger partial charge in [-0.3, -0.25) is 4.98 Å². The Morgan fingerprint density at radius 2 is 2.00 bits per heavy atom. The van der Waals surface area contributed by atoms with E-state index in [1.807, 2.05) is 24.4 Å². The highest BCUT2D eigenvalue weighted by Gasteiger charge is 2.22. The molecule has 0 saturated carbocycles. The molecule has 2 heterocycles. The van der Waals surface area contributed by atoms with E-state index in [1.54, 1.807) is 6.20 Å². The Bertz CT molecular complexity index is 556. The number of nitrogen functional groups attached to an aromatic ring is 1. The van der Waals surface area contributed by atoms with E-state index in [-0.39, 0.29) is 6.10 Å². The molecule has 2 aromatic rings. The average Bonchev–Trinajstić information content (AvgIpc) is 2.42. The Kier molecular flexibility index (Phi) is 2.84. The first kappa shape index (κ1) is 11.0. The maximum atomic E-state index is 5.99. The topological polar surface area (TPSA) is 61.0 Å². The van der Waals surface area contributed by atoms with Gasteiger partial charge in [0.15, 0.2) is 11.6 Å². The summed E-state index contributed by atoms with van der Waals surface area (Å²) < 4.78 is 5.99. The van der Waals surface area contributed by atoms with Crippen molar-refractivity contribution in [2.45, 2.75) is 25.4 Å².